The van der Waals surface area contributed by atoms with Crippen LogP contribution in [0.4, 0.5) is 0 Å². The third-order valence-electron chi connectivity index (χ3n) is 3.68. The molecule has 0 aliphatic heterocycles. The summed E-state index contributed by atoms with van der Waals surface area (Å²) in [5.74, 6) is 1.29. The molecule has 0 saturated heterocycles. The van der Waals surface area contributed by atoms with E-state index in [-0.39, 0.29) is 6.61 Å². The summed E-state index contributed by atoms with van der Waals surface area (Å²) in [6.45, 7) is 6.86. The van der Waals surface area contributed by atoms with Gasteiger partial charge in [0, 0.05) is 31.3 Å². The molecular weight excluding hydrogens is 310 g/mol. The zero-order valence-corrected chi connectivity index (χ0v) is 15.1. The van der Waals surface area contributed by atoms with Gasteiger partial charge in [0.1, 0.15) is 0 Å². The van der Waals surface area contributed by atoms with Crippen LogP contribution in [0.15, 0.2) is 29.3 Å². The number of hydrogen-bond donors (Lipinski definition) is 3. The van der Waals surface area contributed by atoms with E-state index in [2.05, 4.69) is 35.5 Å². The van der Waals surface area contributed by atoms with Crippen molar-refractivity contribution < 1.29 is 5.11 Å². The van der Waals surface area contributed by atoms with Gasteiger partial charge in [-0.2, -0.15) is 0 Å². The topological polar surface area (TPSA) is 56.7 Å². The van der Waals surface area contributed by atoms with Crippen LogP contribution in [0, 0.1) is 5.92 Å². The average Bonchev–Trinajstić information content (AvgIpc) is 2.53. The van der Waals surface area contributed by atoms with Crippen LogP contribution in [0.25, 0.3) is 0 Å². The maximum atomic E-state index is 9.13. The first-order valence-corrected chi connectivity index (χ1v) is 8.94. The van der Waals surface area contributed by atoms with Crippen molar-refractivity contribution in [1.29, 1.82) is 0 Å². The lowest BCUT2D eigenvalue weighted by Gasteiger charge is -2.15. The Morgan fingerprint density at radius 1 is 1.26 bits per heavy atom. The molecule has 0 bridgehead atoms. The van der Waals surface area contributed by atoms with Gasteiger partial charge in [-0.1, -0.05) is 37.1 Å². The lowest BCUT2D eigenvalue weighted by Crippen LogP contribution is -2.38. The fourth-order valence-electron chi connectivity index (χ4n) is 2.50. The molecule has 1 atom stereocenters. The Morgan fingerprint density at radius 3 is 2.74 bits per heavy atom. The first kappa shape index (κ1) is 19.8. The van der Waals surface area contributed by atoms with Gasteiger partial charge in [-0.15, -0.1) is 0 Å². The van der Waals surface area contributed by atoms with Crippen LogP contribution in [0.1, 0.15) is 38.7 Å². The van der Waals surface area contributed by atoms with Gasteiger partial charge in [-0.25, -0.2) is 0 Å². The van der Waals surface area contributed by atoms with Gasteiger partial charge in [-0.05, 0) is 49.8 Å². The first-order valence-electron chi connectivity index (χ1n) is 8.57. The molecular formula is C18H30ClN3O. The van der Waals surface area contributed by atoms with Crippen LogP contribution in [0.5, 0.6) is 0 Å². The molecule has 1 rings (SSSR count). The van der Waals surface area contributed by atoms with Crippen LogP contribution in [-0.4, -0.2) is 37.3 Å². The van der Waals surface area contributed by atoms with E-state index in [9.17, 15) is 0 Å². The third-order valence-corrected chi connectivity index (χ3v) is 3.92. The third kappa shape index (κ3) is 8.82. The minimum atomic E-state index is 0.235. The minimum absolute atomic E-state index is 0.235. The second kappa shape index (κ2) is 12.2. The van der Waals surface area contributed by atoms with E-state index in [1.807, 2.05) is 18.2 Å². The zero-order chi connectivity index (χ0) is 16.9. The Bertz CT molecular complexity index is 459. The minimum Gasteiger partial charge on any atom is -0.396 e. The molecule has 0 heterocycles. The number of aliphatic hydroxyl groups is 1. The zero-order valence-electron chi connectivity index (χ0n) is 14.3. The largest absolute Gasteiger partial charge is 0.396 e. The van der Waals surface area contributed by atoms with Gasteiger partial charge in [0.15, 0.2) is 5.96 Å². The molecule has 0 aliphatic rings. The van der Waals surface area contributed by atoms with Gasteiger partial charge in [-0.3, -0.25) is 4.99 Å². The highest BCUT2D eigenvalue weighted by molar-refractivity contribution is 6.30. The Morgan fingerprint density at radius 2 is 2.09 bits per heavy atom. The second-order valence-corrected chi connectivity index (χ2v) is 6.13. The molecule has 0 spiro atoms. The van der Waals surface area contributed by atoms with E-state index in [0.717, 1.165) is 56.3 Å². The Balaban J connectivity index is 2.47. The SMILES string of the molecule is CCCC(CCO)CN=C(NCC)NCCc1cccc(Cl)c1. The molecule has 3 N–H and O–H groups in total. The molecule has 0 radical (unpaired) electrons. The summed E-state index contributed by atoms with van der Waals surface area (Å²) in [5.41, 5.74) is 1.21. The average molecular weight is 340 g/mol. The molecule has 0 aliphatic carbocycles. The highest BCUT2D eigenvalue weighted by atomic mass is 35.5. The lowest BCUT2D eigenvalue weighted by atomic mass is 10.0. The predicted molar refractivity (Wildman–Crippen MR) is 99.2 cm³/mol. The van der Waals surface area contributed by atoms with E-state index in [1.165, 1.54) is 5.56 Å². The Hall–Kier alpha value is -1.26. The number of hydrogen-bond acceptors (Lipinski definition) is 2. The van der Waals surface area contributed by atoms with E-state index >= 15 is 0 Å². The van der Waals surface area contributed by atoms with E-state index < -0.39 is 0 Å². The summed E-state index contributed by atoms with van der Waals surface area (Å²) in [4.78, 5) is 4.66. The Labute approximate surface area is 145 Å². The van der Waals surface area contributed by atoms with E-state index in [4.69, 9.17) is 16.7 Å². The molecule has 1 aromatic rings. The van der Waals surface area contributed by atoms with Crippen molar-refractivity contribution >= 4 is 17.6 Å². The van der Waals surface area contributed by atoms with Crippen LogP contribution in [-0.2, 0) is 6.42 Å². The van der Waals surface area contributed by atoms with Gasteiger partial charge >= 0.3 is 0 Å². The number of benzene rings is 1. The summed E-state index contributed by atoms with van der Waals surface area (Å²) >= 11 is 6.00. The molecule has 0 saturated carbocycles. The normalized spacial score (nSPS) is 13.0. The molecule has 0 aromatic heterocycles. The molecule has 4 nitrogen and oxygen atoms in total. The summed E-state index contributed by atoms with van der Waals surface area (Å²) in [6.07, 6.45) is 3.95. The fourth-order valence-corrected chi connectivity index (χ4v) is 2.71. The second-order valence-electron chi connectivity index (χ2n) is 5.69. The number of aliphatic hydroxyl groups excluding tert-OH is 1. The van der Waals surface area contributed by atoms with Gasteiger partial charge in [0.25, 0.3) is 0 Å². The number of rotatable bonds is 10. The van der Waals surface area contributed by atoms with Crippen molar-refractivity contribution in [3.63, 3.8) is 0 Å². The predicted octanol–water partition coefficient (Wildman–Crippen LogP) is 3.24. The molecule has 1 aromatic carbocycles. The van der Waals surface area contributed by atoms with Crippen LogP contribution in [0.2, 0.25) is 5.02 Å². The van der Waals surface area contributed by atoms with Crippen molar-refractivity contribution in [2.24, 2.45) is 10.9 Å². The summed E-state index contributed by atoms with van der Waals surface area (Å²) in [7, 11) is 0. The summed E-state index contributed by atoms with van der Waals surface area (Å²) < 4.78 is 0. The number of nitrogens with one attached hydrogen (secondary N) is 2. The highest BCUT2D eigenvalue weighted by Crippen LogP contribution is 2.11. The maximum Gasteiger partial charge on any atom is 0.191 e. The molecule has 5 heteroatoms. The molecule has 23 heavy (non-hydrogen) atoms. The molecule has 130 valence electrons. The Kier molecular flexibility index (Phi) is 10.5. The number of aliphatic imine (C=N–C) groups is 1. The van der Waals surface area contributed by atoms with Crippen molar-refractivity contribution in [2.45, 2.75) is 39.5 Å². The smallest absolute Gasteiger partial charge is 0.191 e. The monoisotopic (exact) mass is 339 g/mol. The molecule has 0 amide bonds. The lowest BCUT2D eigenvalue weighted by molar-refractivity contribution is 0.253. The maximum absolute atomic E-state index is 9.13. The van der Waals surface area contributed by atoms with Crippen LogP contribution in [0.3, 0.4) is 0 Å². The van der Waals surface area contributed by atoms with Gasteiger partial charge in [0.05, 0.1) is 0 Å². The van der Waals surface area contributed by atoms with Gasteiger partial charge in [0.2, 0.25) is 0 Å². The first-order chi connectivity index (χ1) is 11.2. The van der Waals surface area contributed by atoms with Crippen LogP contribution < -0.4 is 10.6 Å². The quantitative estimate of drug-likeness (QED) is 0.453. The fraction of sp³-hybridized carbons (Fsp3) is 0.611. The van der Waals surface area contributed by atoms with Crippen molar-refractivity contribution in [1.82, 2.24) is 10.6 Å². The highest BCUT2D eigenvalue weighted by Gasteiger charge is 2.07. The van der Waals surface area contributed by atoms with E-state index in [1.54, 1.807) is 0 Å². The number of guanidine groups is 1. The summed E-state index contributed by atoms with van der Waals surface area (Å²) in [5, 5.41) is 16.5. The number of halogens is 1. The van der Waals surface area contributed by atoms with Crippen molar-refractivity contribution in [2.75, 3.05) is 26.2 Å². The van der Waals surface area contributed by atoms with Crippen molar-refractivity contribution in [3.05, 3.63) is 34.9 Å². The molecule has 0 fully saturated rings. The van der Waals surface area contributed by atoms with Crippen molar-refractivity contribution in [3.8, 4) is 0 Å². The summed E-state index contributed by atoms with van der Waals surface area (Å²) in [6, 6.07) is 7.93. The van der Waals surface area contributed by atoms with Gasteiger partial charge < -0.3 is 15.7 Å². The van der Waals surface area contributed by atoms with E-state index in [0.29, 0.717) is 5.92 Å². The van der Waals surface area contributed by atoms with Crippen LogP contribution >= 0.6 is 11.6 Å². The number of nitrogens with zero attached hydrogens (tertiary/aromatic N) is 1. The molecule has 1 unspecified atom stereocenters. The standard InChI is InChI=1S/C18H30ClN3O/c1-3-6-16(10-12-23)14-22-18(20-4-2)21-11-9-15-7-5-8-17(19)13-15/h5,7-8,13,16,23H,3-4,6,9-12,14H2,1-2H3,(H2,20,21,22).